The van der Waals surface area contributed by atoms with Gasteiger partial charge in [-0.05, 0) is 37.1 Å². The third-order valence-corrected chi connectivity index (χ3v) is 4.55. The lowest BCUT2D eigenvalue weighted by Crippen LogP contribution is -2.15. The predicted molar refractivity (Wildman–Crippen MR) is 98.8 cm³/mol. The molecule has 128 valence electrons. The molecule has 0 fully saturated rings. The van der Waals surface area contributed by atoms with Crippen molar-refractivity contribution in [1.29, 1.82) is 0 Å². The highest BCUT2D eigenvalue weighted by molar-refractivity contribution is 7.99. The number of amides is 1. The van der Waals surface area contributed by atoms with Crippen LogP contribution in [0, 0.1) is 13.8 Å². The maximum atomic E-state index is 12.2. The molecule has 0 spiro atoms. The van der Waals surface area contributed by atoms with Gasteiger partial charge in [0.2, 0.25) is 11.1 Å². The standard InChI is InChI=1S/C18H18N4O2S/c1-11-6-5-7-12(2)16(11)19-15(24)10-25-18-20-17(21-22-18)13-8-3-4-9-14(13)23/h3-9,23H,10H2,1-2H3,(H,19,24)(H,20,21,22). The number of anilines is 1. The van der Waals surface area contributed by atoms with Gasteiger partial charge in [0.15, 0.2) is 5.82 Å². The van der Waals surface area contributed by atoms with E-state index in [1.807, 2.05) is 38.1 Å². The number of H-pyrrole nitrogens is 1. The smallest absolute Gasteiger partial charge is 0.234 e. The van der Waals surface area contributed by atoms with Crippen molar-refractivity contribution in [3.63, 3.8) is 0 Å². The van der Waals surface area contributed by atoms with Gasteiger partial charge in [-0.25, -0.2) is 4.98 Å². The number of carbonyl (C=O) groups excluding carboxylic acids is 1. The van der Waals surface area contributed by atoms with Gasteiger partial charge in [0, 0.05) is 5.69 Å². The molecule has 1 aromatic heterocycles. The number of rotatable bonds is 5. The van der Waals surface area contributed by atoms with Crippen LogP contribution in [0.1, 0.15) is 11.1 Å². The van der Waals surface area contributed by atoms with Gasteiger partial charge in [-0.1, -0.05) is 42.1 Å². The Morgan fingerprint density at radius 1 is 1.16 bits per heavy atom. The number of carbonyl (C=O) groups is 1. The zero-order chi connectivity index (χ0) is 17.8. The van der Waals surface area contributed by atoms with Gasteiger partial charge < -0.3 is 10.4 Å². The number of phenols is 1. The molecule has 7 heteroatoms. The van der Waals surface area contributed by atoms with E-state index in [1.54, 1.807) is 18.2 Å². The molecule has 3 aromatic rings. The lowest BCUT2D eigenvalue weighted by molar-refractivity contribution is -0.113. The summed E-state index contributed by atoms with van der Waals surface area (Å²) in [4.78, 5) is 16.5. The SMILES string of the molecule is Cc1cccc(C)c1NC(=O)CSc1n[nH]c(-c2ccccc2O)n1. The van der Waals surface area contributed by atoms with Crippen LogP contribution in [0.3, 0.4) is 0 Å². The normalized spacial score (nSPS) is 10.6. The molecule has 0 saturated carbocycles. The molecule has 3 N–H and O–H groups in total. The van der Waals surface area contributed by atoms with E-state index in [0.717, 1.165) is 16.8 Å². The zero-order valence-electron chi connectivity index (χ0n) is 13.9. The number of aromatic nitrogens is 3. The number of hydrogen-bond donors (Lipinski definition) is 3. The molecule has 0 unspecified atom stereocenters. The van der Waals surface area contributed by atoms with Crippen molar-refractivity contribution in [2.45, 2.75) is 19.0 Å². The molecular formula is C18H18N4O2S. The van der Waals surface area contributed by atoms with E-state index in [1.165, 1.54) is 11.8 Å². The van der Waals surface area contributed by atoms with Crippen LogP contribution in [0.15, 0.2) is 47.6 Å². The maximum absolute atomic E-state index is 12.2. The van der Waals surface area contributed by atoms with Crippen LogP contribution in [0.4, 0.5) is 5.69 Å². The van der Waals surface area contributed by atoms with E-state index in [-0.39, 0.29) is 17.4 Å². The summed E-state index contributed by atoms with van der Waals surface area (Å²) in [5, 5.41) is 20.1. The summed E-state index contributed by atoms with van der Waals surface area (Å²) in [6.45, 7) is 3.92. The second-order valence-corrected chi connectivity index (χ2v) is 6.53. The van der Waals surface area contributed by atoms with Gasteiger partial charge in [-0.3, -0.25) is 9.89 Å². The van der Waals surface area contributed by atoms with E-state index >= 15 is 0 Å². The van der Waals surface area contributed by atoms with Crippen molar-refractivity contribution in [1.82, 2.24) is 15.2 Å². The Balaban J connectivity index is 1.63. The van der Waals surface area contributed by atoms with E-state index in [2.05, 4.69) is 20.5 Å². The highest BCUT2D eigenvalue weighted by Crippen LogP contribution is 2.27. The van der Waals surface area contributed by atoms with Crippen LogP contribution < -0.4 is 5.32 Å². The van der Waals surface area contributed by atoms with E-state index in [0.29, 0.717) is 16.5 Å². The van der Waals surface area contributed by atoms with Crippen LogP contribution in [-0.2, 0) is 4.79 Å². The molecule has 3 rings (SSSR count). The molecule has 0 aliphatic heterocycles. The number of thioether (sulfide) groups is 1. The molecule has 0 aliphatic rings. The third-order valence-electron chi connectivity index (χ3n) is 3.70. The number of hydrogen-bond acceptors (Lipinski definition) is 5. The predicted octanol–water partition coefficient (Wildman–Crippen LogP) is 3.52. The van der Waals surface area contributed by atoms with Gasteiger partial charge in [-0.15, -0.1) is 5.10 Å². The molecule has 25 heavy (non-hydrogen) atoms. The number of nitrogens with zero attached hydrogens (tertiary/aromatic N) is 2. The molecule has 0 atom stereocenters. The number of aryl methyl sites for hydroxylation is 2. The highest BCUT2D eigenvalue weighted by atomic mass is 32.2. The fourth-order valence-corrected chi connectivity index (χ4v) is 3.02. The quantitative estimate of drug-likeness (QED) is 0.610. The molecule has 0 radical (unpaired) electrons. The maximum Gasteiger partial charge on any atom is 0.234 e. The number of aromatic amines is 1. The average Bonchev–Trinajstić information content (AvgIpc) is 3.06. The molecule has 6 nitrogen and oxygen atoms in total. The van der Waals surface area contributed by atoms with E-state index < -0.39 is 0 Å². The van der Waals surface area contributed by atoms with Crippen molar-refractivity contribution in [3.8, 4) is 17.1 Å². The Bertz CT molecular complexity index is 887. The molecule has 0 bridgehead atoms. The first-order chi connectivity index (χ1) is 12.0. The first kappa shape index (κ1) is 17.0. The minimum Gasteiger partial charge on any atom is -0.507 e. The van der Waals surface area contributed by atoms with Crippen LogP contribution in [-0.4, -0.2) is 31.9 Å². The molecule has 0 saturated heterocycles. The van der Waals surface area contributed by atoms with Crippen molar-refractivity contribution in [2.75, 3.05) is 11.1 Å². The molecule has 1 heterocycles. The monoisotopic (exact) mass is 354 g/mol. The number of phenolic OH excluding ortho intramolecular Hbond substituents is 1. The second kappa shape index (κ2) is 7.40. The van der Waals surface area contributed by atoms with Crippen LogP contribution in [0.5, 0.6) is 5.75 Å². The lowest BCUT2D eigenvalue weighted by Gasteiger charge is -2.10. The Hall–Kier alpha value is -2.80. The first-order valence-corrected chi connectivity index (χ1v) is 8.73. The highest BCUT2D eigenvalue weighted by Gasteiger charge is 2.12. The summed E-state index contributed by atoms with van der Waals surface area (Å²) in [5.74, 6) is 0.682. The summed E-state index contributed by atoms with van der Waals surface area (Å²) in [6.07, 6.45) is 0. The number of benzene rings is 2. The Labute approximate surface area is 149 Å². The fourth-order valence-electron chi connectivity index (χ4n) is 2.42. The Morgan fingerprint density at radius 3 is 2.60 bits per heavy atom. The topological polar surface area (TPSA) is 90.9 Å². The van der Waals surface area contributed by atoms with Crippen LogP contribution in [0.2, 0.25) is 0 Å². The summed E-state index contributed by atoms with van der Waals surface area (Å²) in [7, 11) is 0. The number of para-hydroxylation sites is 2. The Morgan fingerprint density at radius 2 is 1.88 bits per heavy atom. The van der Waals surface area contributed by atoms with Crippen LogP contribution in [0.25, 0.3) is 11.4 Å². The minimum absolute atomic E-state index is 0.115. The average molecular weight is 354 g/mol. The van der Waals surface area contributed by atoms with Crippen molar-refractivity contribution < 1.29 is 9.90 Å². The minimum atomic E-state index is -0.115. The summed E-state index contributed by atoms with van der Waals surface area (Å²) in [5.41, 5.74) is 3.47. The second-order valence-electron chi connectivity index (χ2n) is 5.59. The van der Waals surface area contributed by atoms with Crippen molar-refractivity contribution >= 4 is 23.4 Å². The summed E-state index contributed by atoms with van der Waals surface area (Å²) >= 11 is 1.23. The van der Waals surface area contributed by atoms with Crippen molar-refractivity contribution in [2.24, 2.45) is 0 Å². The van der Waals surface area contributed by atoms with E-state index in [4.69, 9.17) is 0 Å². The molecular weight excluding hydrogens is 336 g/mol. The van der Waals surface area contributed by atoms with Crippen molar-refractivity contribution in [3.05, 3.63) is 53.6 Å². The molecule has 2 aromatic carbocycles. The fraction of sp³-hybridized carbons (Fsp3) is 0.167. The zero-order valence-corrected chi connectivity index (χ0v) is 14.7. The largest absolute Gasteiger partial charge is 0.507 e. The van der Waals surface area contributed by atoms with Gasteiger partial charge in [-0.2, -0.15) is 0 Å². The Kier molecular flexibility index (Phi) is 5.04. The first-order valence-electron chi connectivity index (χ1n) is 7.74. The van der Waals surface area contributed by atoms with Gasteiger partial charge in [0.05, 0.1) is 11.3 Å². The van der Waals surface area contributed by atoms with Crippen LogP contribution >= 0.6 is 11.8 Å². The molecule has 0 aliphatic carbocycles. The number of aromatic hydroxyl groups is 1. The van der Waals surface area contributed by atoms with Gasteiger partial charge in [0.25, 0.3) is 0 Å². The van der Waals surface area contributed by atoms with Gasteiger partial charge in [0.1, 0.15) is 5.75 Å². The third kappa shape index (κ3) is 4.00. The summed E-state index contributed by atoms with van der Waals surface area (Å²) in [6, 6.07) is 12.8. The summed E-state index contributed by atoms with van der Waals surface area (Å²) < 4.78 is 0. The van der Waals surface area contributed by atoms with Gasteiger partial charge >= 0.3 is 0 Å². The van der Waals surface area contributed by atoms with E-state index in [9.17, 15) is 9.90 Å². The lowest BCUT2D eigenvalue weighted by atomic mass is 10.1. The molecule has 1 amide bonds. The number of nitrogens with one attached hydrogen (secondary N) is 2.